The van der Waals surface area contributed by atoms with Gasteiger partial charge >= 0.3 is 0 Å². The molecule has 0 radical (unpaired) electrons. The lowest BCUT2D eigenvalue weighted by atomic mass is 10.1. The average molecular weight is 492 g/mol. The Bertz CT molecular complexity index is 1290. The number of benzene rings is 3. The van der Waals surface area contributed by atoms with Crippen molar-refractivity contribution in [1.82, 2.24) is 0 Å². The summed E-state index contributed by atoms with van der Waals surface area (Å²) in [6.45, 7) is 1.53. The van der Waals surface area contributed by atoms with Crippen LogP contribution in [0.1, 0.15) is 23.2 Å². The van der Waals surface area contributed by atoms with Crippen molar-refractivity contribution in [3.63, 3.8) is 0 Å². The molecular formula is C23H20ClF2N3O3S. The van der Waals surface area contributed by atoms with Crippen LogP contribution in [0.3, 0.4) is 0 Å². The van der Waals surface area contributed by atoms with Gasteiger partial charge in [-0.15, -0.1) is 0 Å². The number of carbonyl (C=O) groups excluding carboxylic acids is 1. The number of amides is 1. The van der Waals surface area contributed by atoms with Crippen LogP contribution in [0.25, 0.3) is 0 Å². The Morgan fingerprint density at radius 1 is 0.970 bits per heavy atom. The second-order valence-electron chi connectivity index (χ2n) is 7.54. The number of nitrogens with zero attached hydrogens (tertiary/aromatic N) is 1. The predicted molar refractivity (Wildman–Crippen MR) is 124 cm³/mol. The third-order valence-electron chi connectivity index (χ3n) is 5.27. The van der Waals surface area contributed by atoms with Gasteiger partial charge in [-0.3, -0.25) is 9.52 Å². The van der Waals surface area contributed by atoms with Gasteiger partial charge in [-0.25, -0.2) is 17.2 Å². The summed E-state index contributed by atoms with van der Waals surface area (Å²) in [6.07, 6.45) is 1.97. The van der Waals surface area contributed by atoms with Gasteiger partial charge in [0, 0.05) is 18.7 Å². The van der Waals surface area contributed by atoms with Gasteiger partial charge in [0.05, 0.1) is 21.3 Å². The van der Waals surface area contributed by atoms with Gasteiger partial charge < -0.3 is 10.2 Å². The number of hydrogen-bond acceptors (Lipinski definition) is 4. The molecule has 3 aromatic carbocycles. The molecule has 1 heterocycles. The summed E-state index contributed by atoms with van der Waals surface area (Å²) >= 11 is 6.13. The van der Waals surface area contributed by atoms with Crippen molar-refractivity contribution < 1.29 is 22.0 Å². The zero-order chi connectivity index (χ0) is 23.6. The largest absolute Gasteiger partial charge is 0.370 e. The minimum Gasteiger partial charge on any atom is -0.370 e. The van der Waals surface area contributed by atoms with E-state index in [0.29, 0.717) is 5.69 Å². The number of para-hydroxylation sites is 1. The fourth-order valence-electron chi connectivity index (χ4n) is 3.61. The van der Waals surface area contributed by atoms with Crippen LogP contribution in [-0.4, -0.2) is 27.4 Å². The molecule has 0 spiro atoms. The molecular weight excluding hydrogens is 472 g/mol. The summed E-state index contributed by atoms with van der Waals surface area (Å²) in [4.78, 5) is 14.7. The van der Waals surface area contributed by atoms with Crippen molar-refractivity contribution in [3.05, 3.63) is 82.9 Å². The third kappa shape index (κ3) is 5.09. The monoisotopic (exact) mass is 491 g/mol. The number of rotatable bonds is 6. The lowest BCUT2D eigenvalue weighted by Gasteiger charge is -2.22. The van der Waals surface area contributed by atoms with Crippen LogP contribution in [0.4, 0.5) is 25.8 Å². The topological polar surface area (TPSA) is 78.5 Å². The Balaban J connectivity index is 1.59. The standard InChI is InChI=1S/C23H20ClF2N3O3S/c24-18-11-6-15(14-20(18)28-33(31,32)17-9-7-16(25)8-10-17)23(30)27-22-19(26)4-3-5-21(22)29-12-1-2-13-29/h3-11,14,28H,1-2,12-13H2,(H,27,30). The lowest BCUT2D eigenvalue weighted by Crippen LogP contribution is -2.22. The molecule has 1 fully saturated rings. The van der Waals surface area contributed by atoms with Crippen LogP contribution in [0.5, 0.6) is 0 Å². The van der Waals surface area contributed by atoms with E-state index in [9.17, 15) is 22.0 Å². The molecule has 2 N–H and O–H groups in total. The van der Waals surface area contributed by atoms with E-state index in [-0.39, 0.29) is 26.9 Å². The van der Waals surface area contributed by atoms with Gasteiger partial charge in [-0.1, -0.05) is 17.7 Å². The summed E-state index contributed by atoms with van der Waals surface area (Å²) in [7, 11) is -4.08. The third-order valence-corrected chi connectivity index (χ3v) is 6.98. The Morgan fingerprint density at radius 3 is 2.36 bits per heavy atom. The van der Waals surface area contributed by atoms with Gasteiger partial charge in [0.25, 0.3) is 15.9 Å². The molecule has 0 aliphatic carbocycles. The second kappa shape index (κ2) is 9.36. The molecule has 0 bridgehead atoms. The zero-order valence-electron chi connectivity index (χ0n) is 17.3. The van der Waals surface area contributed by atoms with Crippen LogP contribution >= 0.6 is 11.6 Å². The van der Waals surface area contributed by atoms with Crippen molar-refractivity contribution in [2.24, 2.45) is 0 Å². The van der Waals surface area contributed by atoms with Crippen molar-refractivity contribution >= 4 is 44.6 Å². The summed E-state index contributed by atoms with van der Waals surface area (Å²) in [5.41, 5.74) is 0.689. The number of nitrogens with one attached hydrogen (secondary N) is 2. The van der Waals surface area contributed by atoms with Crippen LogP contribution in [0.15, 0.2) is 65.6 Å². The quantitative estimate of drug-likeness (QED) is 0.492. The molecule has 1 saturated heterocycles. The molecule has 172 valence electrons. The first kappa shape index (κ1) is 23.0. The number of hydrogen-bond donors (Lipinski definition) is 2. The molecule has 1 amide bonds. The van der Waals surface area contributed by atoms with E-state index in [4.69, 9.17) is 11.6 Å². The van der Waals surface area contributed by atoms with Gasteiger partial charge in [0.15, 0.2) is 0 Å². The Labute approximate surface area is 195 Å². The van der Waals surface area contributed by atoms with E-state index in [1.54, 1.807) is 12.1 Å². The molecule has 10 heteroatoms. The smallest absolute Gasteiger partial charge is 0.261 e. The maximum absolute atomic E-state index is 14.6. The molecule has 4 rings (SSSR count). The fourth-order valence-corrected chi connectivity index (χ4v) is 4.90. The Kier molecular flexibility index (Phi) is 6.53. The highest BCUT2D eigenvalue weighted by molar-refractivity contribution is 7.92. The minimum atomic E-state index is -4.08. The fraction of sp³-hybridized carbons (Fsp3) is 0.174. The predicted octanol–water partition coefficient (Wildman–Crippen LogP) is 5.27. The molecule has 0 atom stereocenters. The highest BCUT2D eigenvalue weighted by Crippen LogP contribution is 2.32. The summed E-state index contributed by atoms with van der Waals surface area (Å²) in [5.74, 6) is -1.77. The first-order valence-corrected chi connectivity index (χ1v) is 12.0. The molecule has 1 aliphatic rings. The van der Waals surface area contributed by atoms with Crippen LogP contribution in [0.2, 0.25) is 5.02 Å². The first-order valence-electron chi connectivity index (χ1n) is 10.2. The Hall–Kier alpha value is -3.17. The van der Waals surface area contributed by atoms with Crippen molar-refractivity contribution in [2.45, 2.75) is 17.7 Å². The maximum atomic E-state index is 14.6. The van der Waals surface area contributed by atoms with Gasteiger partial charge in [-0.05, 0) is 67.4 Å². The summed E-state index contributed by atoms with van der Waals surface area (Å²) in [5, 5.41) is 2.66. The van der Waals surface area contributed by atoms with E-state index in [1.807, 2.05) is 4.90 Å². The molecule has 3 aromatic rings. The molecule has 33 heavy (non-hydrogen) atoms. The maximum Gasteiger partial charge on any atom is 0.261 e. The molecule has 0 unspecified atom stereocenters. The zero-order valence-corrected chi connectivity index (χ0v) is 18.9. The molecule has 0 aromatic heterocycles. The highest BCUT2D eigenvalue weighted by Gasteiger charge is 2.21. The van der Waals surface area contributed by atoms with E-state index >= 15 is 0 Å². The van der Waals surface area contributed by atoms with E-state index in [1.165, 1.54) is 24.3 Å². The SMILES string of the molecule is O=C(Nc1c(F)cccc1N1CCCC1)c1ccc(Cl)c(NS(=O)(=O)c2ccc(F)cc2)c1. The highest BCUT2D eigenvalue weighted by atomic mass is 35.5. The second-order valence-corrected chi connectivity index (χ2v) is 9.63. The summed E-state index contributed by atoms with van der Waals surface area (Å²) < 4.78 is 55.3. The normalized spacial score (nSPS) is 13.7. The minimum absolute atomic E-state index is 0.0399. The van der Waals surface area contributed by atoms with Gasteiger partial charge in [0.2, 0.25) is 0 Å². The van der Waals surface area contributed by atoms with Gasteiger partial charge in [0.1, 0.15) is 17.3 Å². The van der Waals surface area contributed by atoms with Crippen LogP contribution < -0.4 is 14.9 Å². The average Bonchev–Trinajstić information content (AvgIpc) is 3.31. The van der Waals surface area contributed by atoms with Gasteiger partial charge in [-0.2, -0.15) is 0 Å². The number of halogens is 3. The molecule has 0 saturated carbocycles. The van der Waals surface area contributed by atoms with Crippen molar-refractivity contribution in [1.29, 1.82) is 0 Å². The number of carbonyl (C=O) groups is 1. The lowest BCUT2D eigenvalue weighted by molar-refractivity contribution is 0.102. The van der Waals surface area contributed by atoms with Crippen molar-refractivity contribution in [3.8, 4) is 0 Å². The number of anilines is 3. The first-order chi connectivity index (χ1) is 15.7. The van der Waals surface area contributed by atoms with E-state index in [0.717, 1.165) is 50.2 Å². The van der Waals surface area contributed by atoms with E-state index in [2.05, 4.69) is 10.0 Å². The Morgan fingerprint density at radius 2 is 1.67 bits per heavy atom. The molecule has 6 nitrogen and oxygen atoms in total. The van der Waals surface area contributed by atoms with Crippen LogP contribution in [0, 0.1) is 11.6 Å². The van der Waals surface area contributed by atoms with E-state index < -0.39 is 27.6 Å². The summed E-state index contributed by atoms with van der Waals surface area (Å²) in [6, 6.07) is 12.9. The number of sulfonamides is 1. The molecule has 1 aliphatic heterocycles. The van der Waals surface area contributed by atoms with Crippen molar-refractivity contribution in [2.75, 3.05) is 28.0 Å². The van der Waals surface area contributed by atoms with Crippen LogP contribution in [-0.2, 0) is 10.0 Å².